The van der Waals surface area contributed by atoms with Crippen LogP contribution in [0.5, 0.6) is 0 Å². The number of nitrogens with one attached hydrogen (secondary N) is 2. The van der Waals surface area contributed by atoms with Crippen LogP contribution in [0.25, 0.3) is 0 Å². The molecule has 0 radical (unpaired) electrons. The Morgan fingerprint density at radius 2 is 2.00 bits per heavy atom. The number of non-ortho nitro benzene ring substituents is 1. The van der Waals surface area contributed by atoms with E-state index in [4.69, 9.17) is 4.42 Å². The topological polar surface area (TPSA) is 80.3 Å². The molecule has 1 heterocycles. The molecule has 6 heteroatoms. The zero-order chi connectivity index (χ0) is 13.7. The van der Waals surface area contributed by atoms with E-state index < -0.39 is 4.92 Å². The Bertz CT molecular complexity index is 552. The number of nitro groups is 1. The fourth-order valence-electron chi connectivity index (χ4n) is 1.72. The van der Waals surface area contributed by atoms with E-state index in [2.05, 4.69) is 10.6 Å². The van der Waals surface area contributed by atoms with Gasteiger partial charge in [-0.1, -0.05) is 0 Å². The van der Waals surface area contributed by atoms with E-state index in [0.717, 1.165) is 11.3 Å². The summed E-state index contributed by atoms with van der Waals surface area (Å²) in [6, 6.07) is 6.72. The van der Waals surface area contributed by atoms with Gasteiger partial charge in [0.1, 0.15) is 0 Å². The third kappa shape index (κ3) is 3.48. The molecule has 2 N–H and O–H groups in total. The van der Waals surface area contributed by atoms with Crippen LogP contribution in [0.2, 0.25) is 0 Å². The van der Waals surface area contributed by atoms with Crippen molar-refractivity contribution in [3.05, 3.63) is 52.5 Å². The summed E-state index contributed by atoms with van der Waals surface area (Å²) in [7, 11) is 0. The number of nitro benzene ring substituents is 1. The van der Waals surface area contributed by atoms with E-state index in [1.165, 1.54) is 12.1 Å². The summed E-state index contributed by atoms with van der Waals surface area (Å²) in [5, 5.41) is 17.1. The lowest BCUT2D eigenvalue weighted by atomic mass is 10.2. The molecule has 0 aliphatic rings. The van der Waals surface area contributed by atoms with Crippen LogP contribution in [0.3, 0.4) is 0 Å². The second-order valence-electron chi connectivity index (χ2n) is 4.04. The smallest absolute Gasteiger partial charge is 0.273 e. The van der Waals surface area contributed by atoms with Crippen LogP contribution < -0.4 is 10.6 Å². The second-order valence-corrected chi connectivity index (χ2v) is 4.04. The molecule has 100 valence electrons. The maximum absolute atomic E-state index is 10.9. The van der Waals surface area contributed by atoms with Gasteiger partial charge in [0.2, 0.25) is 0 Å². The molecule has 0 aliphatic heterocycles. The predicted octanol–water partition coefficient (Wildman–Crippen LogP) is 3.23. The zero-order valence-electron chi connectivity index (χ0n) is 10.6. The van der Waals surface area contributed by atoms with Crippen molar-refractivity contribution >= 4 is 17.1 Å². The van der Waals surface area contributed by atoms with Crippen molar-refractivity contribution < 1.29 is 9.34 Å². The fraction of sp³-hybridized carbons (Fsp3) is 0.231. The standard InChI is InChI=1S/C13H15N3O3/c1-2-14-11-5-12(7-13(6-11)16(17)18)15-8-10-3-4-19-9-10/h3-7,9,14-15H,2,8H2,1H3. The van der Waals surface area contributed by atoms with Crippen molar-refractivity contribution in [3.8, 4) is 0 Å². The van der Waals surface area contributed by atoms with Gasteiger partial charge in [0.15, 0.2) is 0 Å². The number of rotatable bonds is 6. The van der Waals surface area contributed by atoms with Gasteiger partial charge in [-0.3, -0.25) is 10.1 Å². The van der Waals surface area contributed by atoms with Crippen LogP contribution in [0.4, 0.5) is 17.1 Å². The van der Waals surface area contributed by atoms with Crippen molar-refractivity contribution in [1.29, 1.82) is 0 Å². The zero-order valence-corrected chi connectivity index (χ0v) is 10.6. The Morgan fingerprint density at radius 1 is 1.26 bits per heavy atom. The monoisotopic (exact) mass is 261 g/mol. The van der Waals surface area contributed by atoms with Gasteiger partial charge in [0, 0.05) is 42.2 Å². The highest BCUT2D eigenvalue weighted by molar-refractivity contribution is 5.63. The minimum absolute atomic E-state index is 0.0631. The first kappa shape index (κ1) is 12.9. The van der Waals surface area contributed by atoms with E-state index in [-0.39, 0.29) is 5.69 Å². The highest BCUT2D eigenvalue weighted by Gasteiger charge is 2.09. The first-order valence-electron chi connectivity index (χ1n) is 5.97. The summed E-state index contributed by atoms with van der Waals surface area (Å²) >= 11 is 0. The molecule has 6 nitrogen and oxygen atoms in total. The van der Waals surface area contributed by atoms with Crippen LogP contribution in [0.1, 0.15) is 12.5 Å². The van der Waals surface area contributed by atoms with Crippen molar-refractivity contribution in [3.63, 3.8) is 0 Å². The Hall–Kier alpha value is -2.50. The lowest BCUT2D eigenvalue weighted by Crippen LogP contribution is -2.02. The largest absolute Gasteiger partial charge is 0.472 e. The summed E-state index contributed by atoms with van der Waals surface area (Å²) < 4.78 is 4.97. The van der Waals surface area contributed by atoms with Gasteiger partial charge in [-0.15, -0.1) is 0 Å². The van der Waals surface area contributed by atoms with Gasteiger partial charge in [0.25, 0.3) is 5.69 Å². The minimum atomic E-state index is -0.399. The summed E-state index contributed by atoms with van der Waals surface area (Å²) in [5.41, 5.74) is 2.47. The highest BCUT2D eigenvalue weighted by atomic mass is 16.6. The molecule has 0 fully saturated rings. The maximum atomic E-state index is 10.9. The van der Waals surface area contributed by atoms with Crippen LogP contribution >= 0.6 is 0 Å². The average molecular weight is 261 g/mol. The summed E-state index contributed by atoms with van der Waals surface area (Å²) in [4.78, 5) is 10.5. The van der Waals surface area contributed by atoms with Gasteiger partial charge in [0.05, 0.1) is 17.4 Å². The normalized spacial score (nSPS) is 10.2. The molecule has 19 heavy (non-hydrogen) atoms. The summed E-state index contributed by atoms with van der Waals surface area (Å²) in [5.74, 6) is 0. The molecule has 2 aromatic rings. The van der Waals surface area contributed by atoms with Crippen LogP contribution in [-0.2, 0) is 6.54 Å². The Kier molecular flexibility index (Phi) is 4.02. The van der Waals surface area contributed by atoms with Gasteiger partial charge in [-0.05, 0) is 19.1 Å². The molecule has 0 aliphatic carbocycles. The van der Waals surface area contributed by atoms with E-state index in [1.807, 2.05) is 19.1 Å². The molecule has 0 spiro atoms. The number of anilines is 2. The third-order valence-corrected chi connectivity index (χ3v) is 2.59. The molecule has 0 amide bonds. The molecule has 0 saturated heterocycles. The minimum Gasteiger partial charge on any atom is -0.472 e. The molecule has 1 aromatic carbocycles. The van der Waals surface area contributed by atoms with Gasteiger partial charge < -0.3 is 15.1 Å². The molecular formula is C13H15N3O3. The number of hydrogen-bond donors (Lipinski definition) is 2. The Labute approximate surface area is 110 Å². The Balaban J connectivity index is 2.16. The quantitative estimate of drug-likeness (QED) is 0.616. The van der Waals surface area contributed by atoms with Gasteiger partial charge in [-0.2, -0.15) is 0 Å². The Morgan fingerprint density at radius 3 is 2.58 bits per heavy atom. The van der Waals surface area contributed by atoms with Crippen LogP contribution in [-0.4, -0.2) is 11.5 Å². The van der Waals surface area contributed by atoms with Crippen molar-refractivity contribution in [2.24, 2.45) is 0 Å². The SMILES string of the molecule is CCNc1cc(NCc2ccoc2)cc([N+](=O)[O-])c1. The second kappa shape index (κ2) is 5.90. The highest BCUT2D eigenvalue weighted by Crippen LogP contribution is 2.24. The molecule has 0 unspecified atom stereocenters. The van der Waals surface area contributed by atoms with Crippen LogP contribution in [0, 0.1) is 10.1 Å². The lowest BCUT2D eigenvalue weighted by molar-refractivity contribution is -0.384. The van der Waals surface area contributed by atoms with Gasteiger partial charge >= 0.3 is 0 Å². The maximum Gasteiger partial charge on any atom is 0.273 e. The van der Waals surface area contributed by atoms with Crippen molar-refractivity contribution in [2.45, 2.75) is 13.5 Å². The molecule has 0 bridgehead atoms. The average Bonchev–Trinajstić information content (AvgIpc) is 2.89. The van der Waals surface area contributed by atoms with E-state index >= 15 is 0 Å². The summed E-state index contributed by atoms with van der Waals surface area (Å²) in [6.45, 7) is 3.21. The fourth-order valence-corrected chi connectivity index (χ4v) is 1.72. The predicted molar refractivity (Wildman–Crippen MR) is 73.3 cm³/mol. The van der Waals surface area contributed by atoms with E-state index in [9.17, 15) is 10.1 Å². The van der Waals surface area contributed by atoms with E-state index in [1.54, 1.807) is 12.5 Å². The van der Waals surface area contributed by atoms with Crippen molar-refractivity contribution in [1.82, 2.24) is 0 Å². The van der Waals surface area contributed by atoms with Gasteiger partial charge in [-0.25, -0.2) is 0 Å². The number of furan rings is 1. The van der Waals surface area contributed by atoms with Crippen molar-refractivity contribution in [2.75, 3.05) is 17.2 Å². The molecule has 1 aromatic heterocycles. The summed E-state index contributed by atoms with van der Waals surface area (Å²) in [6.07, 6.45) is 3.23. The molecule has 0 saturated carbocycles. The lowest BCUT2D eigenvalue weighted by Gasteiger charge is -2.08. The molecule has 0 atom stereocenters. The first-order valence-corrected chi connectivity index (χ1v) is 5.97. The molecular weight excluding hydrogens is 246 g/mol. The van der Waals surface area contributed by atoms with Crippen LogP contribution in [0.15, 0.2) is 41.2 Å². The first-order chi connectivity index (χ1) is 9.19. The third-order valence-electron chi connectivity index (χ3n) is 2.59. The molecule has 2 rings (SSSR count). The number of benzene rings is 1. The number of nitrogens with zero attached hydrogens (tertiary/aromatic N) is 1. The number of hydrogen-bond acceptors (Lipinski definition) is 5. The van der Waals surface area contributed by atoms with E-state index in [0.29, 0.717) is 18.8 Å².